The third kappa shape index (κ3) is 3.44. The second-order valence-electron chi connectivity index (χ2n) is 4.99. The van der Waals surface area contributed by atoms with Crippen LogP contribution in [0.3, 0.4) is 0 Å². The molecule has 0 spiro atoms. The highest BCUT2D eigenvalue weighted by atomic mass is 32.2. The zero-order chi connectivity index (χ0) is 13.2. The van der Waals surface area contributed by atoms with Gasteiger partial charge in [-0.2, -0.15) is 0 Å². The summed E-state index contributed by atoms with van der Waals surface area (Å²) in [6.07, 6.45) is 1.95. The minimum atomic E-state index is -2.89. The summed E-state index contributed by atoms with van der Waals surface area (Å²) in [5, 5.41) is 2.71. The van der Waals surface area contributed by atoms with Crippen molar-refractivity contribution in [1.82, 2.24) is 10.2 Å². The van der Waals surface area contributed by atoms with Gasteiger partial charge in [0, 0.05) is 19.5 Å². The highest BCUT2D eigenvalue weighted by Crippen LogP contribution is 2.17. The molecule has 18 heavy (non-hydrogen) atoms. The Morgan fingerprint density at radius 3 is 2.78 bits per heavy atom. The van der Waals surface area contributed by atoms with E-state index in [0.29, 0.717) is 25.9 Å². The Morgan fingerprint density at radius 2 is 2.22 bits per heavy atom. The van der Waals surface area contributed by atoms with Crippen molar-refractivity contribution in [3.63, 3.8) is 0 Å². The second-order valence-corrected chi connectivity index (χ2v) is 7.22. The van der Waals surface area contributed by atoms with Crippen molar-refractivity contribution in [2.24, 2.45) is 5.92 Å². The van der Waals surface area contributed by atoms with Crippen LogP contribution in [0.4, 0.5) is 0 Å². The summed E-state index contributed by atoms with van der Waals surface area (Å²) < 4.78 is 22.5. The average molecular weight is 274 g/mol. The maximum atomic E-state index is 11.6. The molecule has 0 aromatic carbocycles. The minimum Gasteiger partial charge on any atom is -0.354 e. The van der Waals surface area contributed by atoms with Crippen LogP contribution < -0.4 is 5.32 Å². The number of likely N-dealkylation sites (tertiary alicyclic amines) is 1. The molecule has 2 aliphatic rings. The lowest BCUT2D eigenvalue weighted by Gasteiger charge is -2.16. The predicted octanol–water partition coefficient (Wildman–Crippen LogP) is -0.840. The predicted molar refractivity (Wildman–Crippen MR) is 65.6 cm³/mol. The van der Waals surface area contributed by atoms with Crippen molar-refractivity contribution >= 4 is 21.7 Å². The Kier molecular flexibility index (Phi) is 3.89. The number of rotatable bonds is 4. The van der Waals surface area contributed by atoms with E-state index in [9.17, 15) is 18.0 Å². The number of nitrogens with zero attached hydrogens (tertiary/aromatic N) is 1. The number of amides is 2. The molecule has 6 nitrogen and oxygen atoms in total. The largest absolute Gasteiger partial charge is 0.354 e. The van der Waals surface area contributed by atoms with E-state index >= 15 is 0 Å². The number of sulfone groups is 1. The minimum absolute atomic E-state index is 0.0215. The van der Waals surface area contributed by atoms with Gasteiger partial charge < -0.3 is 10.2 Å². The summed E-state index contributed by atoms with van der Waals surface area (Å²) in [5.74, 6) is 0.227. The summed E-state index contributed by atoms with van der Waals surface area (Å²) in [6, 6.07) is 0. The van der Waals surface area contributed by atoms with E-state index in [1.807, 2.05) is 0 Å². The molecule has 0 aromatic rings. The molecule has 0 saturated carbocycles. The maximum Gasteiger partial charge on any atom is 0.239 e. The van der Waals surface area contributed by atoms with E-state index < -0.39 is 9.84 Å². The highest BCUT2D eigenvalue weighted by Gasteiger charge is 2.28. The topological polar surface area (TPSA) is 83.6 Å². The van der Waals surface area contributed by atoms with Gasteiger partial charge in [0.05, 0.1) is 18.1 Å². The Labute approximate surface area is 107 Å². The first-order chi connectivity index (χ1) is 8.46. The van der Waals surface area contributed by atoms with Crippen LogP contribution in [0.5, 0.6) is 0 Å². The summed E-state index contributed by atoms with van der Waals surface area (Å²) >= 11 is 0. The van der Waals surface area contributed by atoms with E-state index in [1.165, 1.54) is 0 Å². The Balaban J connectivity index is 1.71. The molecule has 0 aromatic heterocycles. The van der Waals surface area contributed by atoms with Gasteiger partial charge in [-0.25, -0.2) is 8.42 Å². The van der Waals surface area contributed by atoms with Crippen LogP contribution in [-0.4, -0.2) is 56.3 Å². The molecule has 1 atom stereocenters. The molecule has 1 N–H and O–H groups in total. The van der Waals surface area contributed by atoms with Gasteiger partial charge >= 0.3 is 0 Å². The molecular weight excluding hydrogens is 256 g/mol. The molecule has 2 rings (SSSR count). The van der Waals surface area contributed by atoms with Gasteiger partial charge in [0.15, 0.2) is 9.84 Å². The molecule has 0 unspecified atom stereocenters. The fraction of sp³-hybridized carbons (Fsp3) is 0.818. The van der Waals surface area contributed by atoms with Gasteiger partial charge in [-0.15, -0.1) is 0 Å². The molecular formula is C11H18N2O4S. The maximum absolute atomic E-state index is 11.6. The van der Waals surface area contributed by atoms with Crippen molar-refractivity contribution in [2.75, 3.05) is 31.1 Å². The lowest BCUT2D eigenvalue weighted by atomic mass is 10.1. The fourth-order valence-corrected chi connectivity index (χ4v) is 4.25. The second kappa shape index (κ2) is 5.26. The van der Waals surface area contributed by atoms with Crippen molar-refractivity contribution in [2.45, 2.75) is 19.3 Å². The molecule has 2 fully saturated rings. The first-order valence-corrected chi connectivity index (χ1v) is 8.03. The van der Waals surface area contributed by atoms with Gasteiger partial charge in [0.2, 0.25) is 11.8 Å². The van der Waals surface area contributed by atoms with Crippen LogP contribution in [-0.2, 0) is 19.4 Å². The van der Waals surface area contributed by atoms with E-state index in [2.05, 4.69) is 5.32 Å². The number of carbonyl (C=O) groups is 2. The van der Waals surface area contributed by atoms with Gasteiger partial charge in [-0.05, 0) is 18.8 Å². The monoisotopic (exact) mass is 274 g/mol. The van der Waals surface area contributed by atoms with Gasteiger partial charge in [0.1, 0.15) is 0 Å². The molecule has 0 aliphatic carbocycles. The van der Waals surface area contributed by atoms with E-state index in [4.69, 9.17) is 0 Å². The standard InChI is InChI=1S/C11H18N2O4S/c14-10(7-13-4-1-2-11(13)15)12-6-9-3-5-18(16,17)8-9/h9H,1-8H2,(H,12,14)/t9-/m0/s1. The van der Waals surface area contributed by atoms with Crippen LogP contribution in [0.15, 0.2) is 0 Å². The summed E-state index contributed by atoms with van der Waals surface area (Å²) in [4.78, 5) is 24.5. The summed E-state index contributed by atoms with van der Waals surface area (Å²) in [7, 11) is -2.89. The first-order valence-electron chi connectivity index (χ1n) is 6.21. The average Bonchev–Trinajstić information content (AvgIpc) is 2.83. The Morgan fingerprint density at radius 1 is 1.44 bits per heavy atom. The van der Waals surface area contributed by atoms with Crippen LogP contribution >= 0.6 is 0 Å². The molecule has 2 saturated heterocycles. The van der Waals surface area contributed by atoms with Gasteiger partial charge in [0.25, 0.3) is 0 Å². The Bertz CT molecular complexity index is 446. The first kappa shape index (κ1) is 13.3. The lowest BCUT2D eigenvalue weighted by Crippen LogP contribution is -2.39. The summed E-state index contributed by atoms with van der Waals surface area (Å²) in [5.41, 5.74) is 0. The van der Waals surface area contributed by atoms with Crippen LogP contribution in [0.25, 0.3) is 0 Å². The van der Waals surface area contributed by atoms with E-state index in [1.54, 1.807) is 4.90 Å². The number of nitrogens with one attached hydrogen (secondary N) is 1. The lowest BCUT2D eigenvalue weighted by molar-refractivity contribution is -0.133. The van der Waals surface area contributed by atoms with E-state index in [-0.39, 0.29) is 35.8 Å². The third-order valence-corrected chi connectivity index (χ3v) is 5.26. The zero-order valence-corrected chi connectivity index (χ0v) is 11.0. The van der Waals surface area contributed by atoms with Crippen molar-refractivity contribution < 1.29 is 18.0 Å². The highest BCUT2D eigenvalue weighted by molar-refractivity contribution is 7.91. The molecule has 2 heterocycles. The van der Waals surface area contributed by atoms with Crippen LogP contribution in [0, 0.1) is 5.92 Å². The normalized spacial score (nSPS) is 26.6. The van der Waals surface area contributed by atoms with Crippen LogP contribution in [0.2, 0.25) is 0 Å². The number of carbonyl (C=O) groups excluding carboxylic acids is 2. The van der Waals surface area contributed by atoms with Gasteiger partial charge in [-0.1, -0.05) is 0 Å². The summed E-state index contributed by atoms with van der Waals surface area (Å²) in [6.45, 7) is 1.13. The van der Waals surface area contributed by atoms with Gasteiger partial charge in [-0.3, -0.25) is 9.59 Å². The Hall–Kier alpha value is -1.11. The molecule has 7 heteroatoms. The van der Waals surface area contributed by atoms with Crippen molar-refractivity contribution in [1.29, 1.82) is 0 Å². The van der Waals surface area contributed by atoms with Crippen molar-refractivity contribution in [3.05, 3.63) is 0 Å². The quantitative estimate of drug-likeness (QED) is 0.724. The van der Waals surface area contributed by atoms with Crippen molar-refractivity contribution in [3.8, 4) is 0 Å². The molecule has 102 valence electrons. The molecule has 2 aliphatic heterocycles. The van der Waals surface area contributed by atoms with Crippen LogP contribution in [0.1, 0.15) is 19.3 Å². The number of hydrogen-bond donors (Lipinski definition) is 1. The SMILES string of the molecule is O=C(CN1CCCC1=O)NC[C@@H]1CCS(=O)(=O)C1. The smallest absolute Gasteiger partial charge is 0.239 e. The molecule has 0 radical (unpaired) electrons. The molecule has 2 amide bonds. The third-order valence-electron chi connectivity index (χ3n) is 3.42. The molecule has 0 bridgehead atoms. The van der Waals surface area contributed by atoms with E-state index in [0.717, 1.165) is 6.42 Å². The number of hydrogen-bond acceptors (Lipinski definition) is 4. The zero-order valence-electron chi connectivity index (χ0n) is 10.2. The fourth-order valence-electron chi connectivity index (χ4n) is 2.39.